The molecular weight excluding hydrogens is 308 g/mol. The van der Waals surface area contributed by atoms with E-state index >= 15 is 0 Å². The molecule has 1 aliphatic heterocycles. The van der Waals surface area contributed by atoms with Crippen molar-refractivity contribution < 1.29 is 4.79 Å². The van der Waals surface area contributed by atoms with Gasteiger partial charge in [0.05, 0.1) is 0 Å². The van der Waals surface area contributed by atoms with Gasteiger partial charge in [-0.3, -0.25) is 4.79 Å². The number of nitrogens with zero attached hydrogens (tertiary/aromatic N) is 2. The Morgan fingerprint density at radius 2 is 1.68 bits per heavy atom. The minimum Gasteiger partial charge on any atom is -0.337 e. The standard InChI is InChI=1S/C22H28N2O/c1-16(2)20-14-24(15-21(20)23(3)4)22(25)19-12-8-11-18(13-19)17-9-6-5-7-10-17/h5-13,16,20-21H,14-15H2,1-4H3/t20-,21+/m0/s1. The molecule has 25 heavy (non-hydrogen) atoms. The highest BCUT2D eigenvalue weighted by molar-refractivity contribution is 5.95. The van der Waals surface area contributed by atoms with Crippen LogP contribution >= 0.6 is 0 Å². The smallest absolute Gasteiger partial charge is 0.253 e. The van der Waals surface area contributed by atoms with E-state index in [9.17, 15) is 4.79 Å². The van der Waals surface area contributed by atoms with Crippen molar-refractivity contribution in [3.05, 3.63) is 60.2 Å². The molecule has 1 amide bonds. The maximum Gasteiger partial charge on any atom is 0.253 e. The first kappa shape index (κ1) is 17.7. The van der Waals surface area contributed by atoms with Gasteiger partial charge in [-0.25, -0.2) is 0 Å². The highest BCUT2D eigenvalue weighted by Crippen LogP contribution is 2.29. The normalized spacial score (nSPS) is 20.5. The van der Waals surface area contributed by atoms with Crippen molar-refractivity contribution in [2.24, 2.45) is 11.8 Å². The molecule has 1 saturated heterocycles. The Bertz CT molecular complexity index is 708. The lowest BCUT2D eigenvalue weighted by Crippen LogP contribution is -2.37. The van der Waals surface area contributed by atoms with E-state index in [2.05, 4.69) is 51.0 Å². The van der Waals surface area contributed by atoms with Crippen LogP contribution in [0.4, 0.5) is 0 Å². The molecule has 1 aliphatic rings. The number of amides is 1. The zero-order chi connectivity index (χ0) is 18.0. The second-order valence-corrected chi connectivity index (χ2v) is 7.60. The van der Waals surface area contributed by atoms with Crippen LogP contribution in [0.1, 0.15) is 24.2 Å². The lowest BCUT2D eigenvalue weighted by Gasteiger charge is -2.27. The minimum atomic E-state index is 0.146. The molecule has 3 nitrogen and oxygen atoms in total. The van der Waals surface area contributed by atoms with Gasteiger partial charge in [0.1, 0.15) is 0 Å². The Morgan fingerprint density at radius 3 is 2.28 bits per heavy atom. The molecule has 2 aromatic carbocycles. The van der Waals surface area contributed by atoms with Gasteiger partial charge in [-0.1, -0.05) is 56.3 Å². The van der Waals surface area contributed by atoms with Gasteiger partial charge in [0.15, 0.2) is 0 Å². The number of carbonyl (C=O) groups excluding carboxylic acids is 1. The summed E-state index contributed by atoms with van der Waals surface area (Å²) in [5.41, 5.74) is 3.02. The summed E-state index contributed by atoms with van der Waals surface area (Å²) < 4.78 is 0. The molecule has 2 aromatic rings. The first-order chi connectivity index (χ1) is 12.0. The highest BCUT2D eigenvalue weighted by atomic mass is 16.2. The largest absolute Gasteiger partial charge is 0.337 e. The Morgan fingerprint density at radius 1 is 1.00 bits per heavy atom. The van der Waals surface area contributed by atoms with Crippen LogP contribution in [0.5, 0.6) is 0 Å². The number of benzene rings is 2. The third-order valence-corrected chi connectivity index (χ3v) is 5.36. The molecule has 1 fully saturated rings. The summed E-state index contributed by atoms with van der Waals surface area (Å²) in [6, 6.07) is 18.7. The second-order valence-electron chi connectivity index (χ2n) is 7.60. The van der Waals surface area contributed by atoms with Crippen molar-refractivity contribution in [2.45, 2.75) is 19.9 Å². The highest BCUT2D eigenvalue weighted by Gasteiger charge is 2.38. The lowest BCUT2D eigenvalue weighted by molar-refractivity contribution is 0.0780. The fourth-order valence-corrected chi connectivity index (χ4v) is 3.82. The molecule has 1 heterocycles. The third kappa shape index (κ3) is 3.77. The Kier molecular flexibility index (Phi) is 5.24. The van der Waals surface area contributed by atoms with E-state index in [4.69, 9.17) is 0 Å². The van der Waals surface area contributed by atoms with Crippen molar-refractivity contribution >= 4 is 5.91 Å². The van der Waals surface area contributed by atoms with Crippen LogP contribution in [0.15, 0.2) is 54.6 Å². The quantitative estimate of drug-likeness (QED) is 0.842. The molecule has 0 N–H and O–H groups in total. The van der Waals surface area contributed by atoms with E-state index in [0.717, 1.165) is 29.8 Å². The molecule has 0 aromatic heterocycles. The van der Waals surface area contributed by atoms with E-state index in [-0.39, 0.29) is 5.91 Å². The molecule has 0 saturated carbocycles. The lowest BCUT2D eigenvalue weighted by atomic mass is 9.91. The molecule has 0 bridgehead atoms. The predicted octanol–water partition coefficient (Wildman–Crippen LogP) is 4.01. The molecule has 0 unspecified atom stereocenters. The predicted molar refractivity (Wildman–Crippen MR) is 104 cm³/mol. The summed E-state index contributed by atoms with van der Waals surface area (Å²) in [4.78, 5) is 17.4. The number of likely N-dealkylation sites (tertiary alicyclic amines) is 1. The maximum atomic E-state index is 13.1. The van der Waals surface area contributed by atoms with E-state index in [1.807, 2.05) is 41.3 Å². The summed E-state index contributed by atoms with van der Waals surface area (Å²) in [5.74, 6) is 1.24. The maximum absolute atomic E-state index is 13.1. The van der Waals surface area contributed by atoms with E-state index < -0.39 is 0 Å². The first-order valence-electron chi connectivity index (χ1n) is 9.08. The average Bonchev–Trinajstić information content (AvgIpc) is 3.08. The molecule has 2 atom stereocenters. The Hall–Kier alpha value is -2.13. The minimum absolute atomic E-state index is 0.146. The summed E-state index contributed by atoms with van der Waals surface area (Å²) in [7, 11) is 4.23. The van der Waals surface area contributed by atoms with Gasteiger partial charge in [0.2, 0.25) is 0 Å². The summed E-state index contributed by atoms with van der Waals surface area (Å²) in [6.45, 7) is 6.16. The Labute approximate surface area is 151 Å². The molecule has 132 valence electrons. The molecular formula is C22H28N2O. The number of likely N-dealkylation sites (N-methyl/N-ethyl adjacent to an activating group) is 1. The number of hydrogen-bond acceptors (Lipinski definition) is 2. The van der Waals surface area contributed by atoms with Crippen molar-refractivity contribution in [3.63, 3.8) is 0 Å². The number of hydrogen-bond donors (Lipinski definition) is 0. The van der Waals surface area contributed by atoms with Gasteiger partial charge in [-0.2, -0.15) is 0 Å². The number of carbonyl (C=O) groups is 1. The zero-order valence-corrected chi connectivity index (χ0v) is 15.6. The van der Waals surface area contributed by atoms with Crippen LogP contribution in [0.3, 0.4) is 0 Å². The van der Waals surface area contributed by atoms with Gasteiger partial charge in [0.25, 0.3) is 5.91 Å². The first-order valence-corrected chi connectivity index (χ1v) is 9.08. The van der Waals surface area contributed by atoms with E-state index in [1.54, 1.807) is 0 Å². The van der Waals surface area contributed by atoms with Crippen LogP contribution in [0, 0.1) is 11.8 Å². The van der Waals surface area contributed by atoms with Gasteiger partial charge >= 0.3 is 0 Å². The Balaban J connectivity index is 1.82. The average molecular weight is 336 g/mol. The van der Waals surface area contributed by atoms with Crippen LogP contribution in [0.25, 0.3) is 11.1 Å². The molecule has 0 aliphatic carbocycles. The fourth-order valence-electron chi connectivity index (χ4n) is 3.82. The topological polar surface area (TPSA) is 23.6 Å². The van der Waals surface area contributed by atoms with E-state index in [1.165, 1.54) is 0 Å². The van der Waals surface area contributed by atoms with Crippen molar-refractivity contribution in [2.75, 3.05) is 27.2 Å². The van der Waals surface area contributed by atoms with Gasteiger partial charge in [-0.05, 0) is 49.2 Å². The summed E-state index contributed by atoms with van der Waals surface area (Å²) in [6.07, 6.45) is 0. The number of rotatable bonds is 4. The van der Waals surface area contributed by atoms with Crippen LogP contribution in [-0.4, -0.2) is 48.9 Å². The molecule has 0 radical (unpaired) electrons. The van der Waals surface area contributed by atoms with Crippen LogP contribution < -0.4 is 0 Å². The molecule has 0 spiro atoms. The van der Waals surface area contributed by atoms with Gasteiger partial charge in [0, 0.05) is 24.7 Å². The van der Waals surface area contributed by atoms with Crippen molar-refractivity contribution in [3.8, 4) is 11.1 Å². The molecule has 3 rings (SSSR count). The fraction of sp³-hybridized carbons (Fsp3) is 0.409. The van der Waals surface area contributed by atoms with Crippen molar-refractivity contribution in [1.29, 1.82) is 0 Å². The van der Waals surface area contributed by atoms with Crippen molar-refractivity contribution in [1.82, 2.24) is 9.80 Å². The van der Waals surface area contributed by atoms with Gasteiger partial charge in [-0.15, -0.1) is 0 Å². The third-order valence-electron chi connectivity index (χ3n) is 5.36. The van der Waals surface area contributed by atoms with Crippen LogP contribution in [0.2, 0.25) is 0 Å². The monoisotopic (exact) mass is 336 g/mol. The van der Waals surface area contributed by atoms with Gasteiger partial charge < -0.3 is 9.80 Å². The summed E-state index contributed by atoms with van der Waals surface area (Å²) >= 11 is 0. The second kappa shape index (κ2) is 7.40. The van der Waals surface area contributed by atoms with E-state index in [0.29, 0.717) is 17.9 Å². The molecule has 3 heteroatoms. The zero-order valence-electron chi connectivity index (χ0n) is 15.6. The summed E-state index contributed by atoms with van der Waals surface area (Å²) in [5, 5.41) is 0. The SMILES string of the molecule is CC(C)[C@@H]1CN(C(=O)c2cccc(-c3ccccc3)c2)C[C@H]1N(C)C. The van der Waals surface area contributed by atoms with Crippen LogP contribution in [-0.2, 0) is 0 Å².